The number of carbonyl (C=O) groups excluding carboxylic acids is 1. The maximum atomic E-state index is 13.5. The third kappa shape index (κ3) is 5.72. The van der Waals surface area contributed by atoms with Crippen LogP contribution in [0.1, 0.15) is 68.9 Å². The molecule has 2 aromatic rings. The average Bonchev–Trinajstić information content (AvgIpc) is 3.37. The van der Waals surface area contributed by atoms with Crippen molar-refractivity contribution < 1.29 is 28.9 Å². The number of likely N-dealkylation sites (tertiary alicyclic amines) is 1. The summed E-state index contributed by atoms with van der Waals surface area (Å²) in [4.78, 5) is 26.5. The Kier molecular flexibility index (Phi) is 8.33. The van der Waals surface area contributed by atoms with E-state index < -0.39 is 18.2 Å². The van der Waals surface area contributed by atoms with Gasteiger partial charge < -0.3 is 28.8 Å². The molecule has 3 heterocycles. The fourth-order valence-electron chi connectivity index (χ4n) is 5.92. The van der Waals surface area contributed by atoms with Gasteiger partial charge in [0, 0.05) is 47.6 Å². The summed E-state index contributed by atoms with van der Waals surface area (Å²) in [5.41, 5.74) is 3.79. The molecule has 3 aliphatic rings. The molecular formula is C30H35ClN2O6. The first-order chi connectivity index (χ1) is 18.9. The second-order valence-corrected chi connectivity index (χ2v) is 10.7. The lowest BCUT2D eigenvalue weighted by atomic mass is 9.93. The van der Waals surface area contributed by atoms with Gasteiger partial charge >= 0.3 is 5.97 Å². The number of hydrogen-bond acceptors (Lipinski definition) is 5. The Morgan fingerprint density at radius 3 is 2.64 bits per heavy atom. The molecule has 1 N–H and O–H groups in total. The molecule has 9 heteroatoms. The summed E-state index contributed by atoms with van der Waals surface area (Å²) in [6.07, 6.45) is 6.18. The lowest BCUT2D eigenvalue weighted by Crippen LogP contribution is -2.39. The van der Waals surface area contributed by atoms with Gasteiger partial charge in [-0.1, -0.05) is 23.7 Å². The maximum Gasteiger partial charge on any atom is 0.303 e. The third-order valence-electron chi connectivity index (χ3n) is 7.82. The number of rotatable bonds is 8. The van der Waals surface area contributed by atoms with E-state index in [2.05, 4.69) is 4.57 Å². The number of allylic oxidation sites excluding steroid dienone is 2. The van der Waals surface area contributed by atoms with Crippen LogP contribution in [0.2, 0.25) is 0 Å². The fraction of sp³-hybridized carbons (Fsp3) is 0.467. The second-order valence-electron chi connectivity index (χ2n) is 10.2. The summed E-state index contributed by atoms with van der Waals surface area (Å²) in [5, 5.41) is 9.89. The molecule has 0 saturated carbocycles. The number of piperidine rings is 1. The average molecular weight is 555 g/mol. The van der Waals surface area contributed by atoms with Crippen molar-refractivity contribution in [3.8, 4) is 11.5 Å². The summed E-state index contributed by atoms with van der Waals surface area (Å²) in [7, 11) is 1.62. The molecule has 1 fully saturated rings. The quantitative estimate of drug-likeness (QED) is 0.434. The highest BCUT2D eigenvalue weighted by Crippen LogP contribution is 2.49. The van der Waals surface area contributed by atoms with Crippen LogP contribution in [0, 0.1) is 5.92 Å². The van der Waals surface area contributed by atoms with Crippen molar-refractivity contribution in [3.63, 3.8) is 0 Å². The molecule has 1 aromatic heterocycles. The highest BCUT2D eigenvalue weighted by molar-refractivity contribution is 6.30. The number of carboxylic acids is 1. The number of hydrogen-bond donors (Lipinski definition) is 1. The zero-order valence-corrected chi connectivity index (χ0v) is 23.2. The molecule has 0 spiro atoms. The van der Waals surface area contributed by atoms with Gasteiger partial charge in [0.25, 0.3) is 0 Å². The predicted octanol–water partition coefficient (Wildman–Crippen LogP) is 5.94. The smallest absolute Gasteiger partial charge is 0.303 e. The van der Waals surface area contributed by atoms with Crippen molar-refractivity contribution in [2.24, 2.45) is 5.92 Å². The molecular weight excluding hydrogens is 520 g/mol. The van der Waals surface area contributed by atoms with Crippen LogP contribution < -0.4 is 9.47 Å². The Labute approximate surface area is 233 Å². The van der Waals surface area contributed by atoms with Crippen molar-refractivity contribution in [1.82, 2.24) is 9.47 Å². The molecule has 5 rings (SSSR count). The topological polar surface area (TPSA) is 90.2 Å². The number of para-hydroxylation sites is 1. The van der Waals surface area contributed by atoms with Crippen LogP contribution in [-0.4, -0.2) is 53.3 Å². The molecule has 0 radical (unpaired) electrons. The van der Waals surface area contributed by atoms with Crippen LogP contribution in [0.4, 0.5) is 0 Å². The Morgan fingerprint density at radius 2 is 1.92 bits per heavy atom. The molecule has 0 bridgehead atoms. The van der Waals surface area contributed by atoms with Crippen LogP contribution in [0.25, 0.3) is 5.70 Å². The van der Waals surface area contributed by atoms with Gasteiger partial charge in [-0.05, 0) is 62.8 Å². The number of aromatic nitrogens is 1. The van der Waals surface area contributed by atoms with Crippen molar-refractivity contribution >= 4 is 29.2 Å². The van der Waals surface area contributed by atoms with Gasteiger partial charge in [0.1, 0.15) is 12.2 Å². The standard InChI is InChI=1S/C30H35ClN2O6/c1-3-38-30-21(6-4-8-25(30)37-2)29-22-17-20(31)9-10-23(22)33-13-5-7-24(33)26(39-29)18-27(34)32-14-11-19(12-15-32)16-28(35)36/h4-8,13,17,19,26,29H,3,9-12,14-16,18H2,1-2H3,(H,35,36). The number of halogens is 1. The number of carboxylic acid groups (broad SMARTS) is 1. The van der Waals surface area contributed by atoms with Crippen molar-refractivity contribution in [1.29, 1.82) is 0 Å². The Morgan fingerprint density at radius 1 is 1.13 bits per heavy atom. The van der Waals surface area contributed by atoms with Crippen molar-refractivity contribution in [3.05, 3.63) is 64.5 Å². The van der Waals surface area contributed by atoms with Crippen LogP contribution in [0.5, 0.6) is 11.5 Å². The molecule has 1 aliphatic carbocycles. The molecule has 2 unspecified atom stereocenters. The first-order valence-electron chi connectivity index (χ1n) is 13.6. The molecule has 2 atom stereocenters. The van der Waals surface area contributed by atoms with E-state index in [-0.39, 0.29) is 24.7 Å². The van der Waals surface area contributed by atoms with E-state index in [0.717, 1.165) is 40.4 Å². The van der Waals surface area contributed by atoms with E-state index in [1.165, 1.54) is 0 Å². The minimum Gasteiger partial charge on any atom is -0.493 e. The summed E-state index contributed by atoms with van der Waals surface area (Å²) < 4.78 is 20.7. The predicted molar refractivity (Wildman–Crippen MR) is 148 cm³/mol. The summed E-state index contributed by atoms with van der Waals surface area (Å²) in [6.45, 7) is 3.51. The van der Waals surface area contributed by atoms with Gasteiger partial charge in [-0.15, -0.1) is 0 Å². The SMILES string of the molecule is CCOc1c(OC)cccc1C1OC(CC(=O)N2CCC(CC(=O)O)CC2)c2cccn2C2=C1C=C(Cl)CC2. The number of fused-ring (bicyclic) bond motifs is 2. The lowest BCUT2D eigenvalue weighted by molar-refractivity contribution is -0.139. The molecule has 1 saturated heterocycles. The molecule has 2 aliphatic heterocycles. The fourth-order valence-corrected chi connectivity index (χ4v) is 6.13. The minimum atomic E-state index is -0.784. The van der Waals surface area contributed by atoms with Crippen LogP contribution in [0.3, 0.4) is 0 Å². The molecule has 1 aromatic carbocycles. The Balaban J connectivity index is 1.49. The van der Waals surface area contributed by atoms with Gasteiger partial charge in [0.05, 0.1) is 25.8 Å². The highest BCUT2D eigenvalue weighted by atomic mass is 35.5. The molecule has 208 valence electrons. The minimum absolute atomic E-state index is 0.00407. The van der Waals surface area contributed by atoms with Crippen LogP contribution in [0.15, 0.2) is 53.2 Å². The van der Waals surface area contributed by atoms with E-state index in [1.54, 1.807) is 7.11 Å². The largest absolute Gasteiger partial charge is 0.493 e. The third-order valence-corrected chi connectivity index (χ3v) is 8.12. The monoisotopic (exact) mass is 554 g/mol. The van der Waals surface area contributed by atoms with E-state index in [9.17, 15) is 9.59 Å². The number of benzene rings is 1. The number of aliphatic carboxylic acids is 1. The van der Waals surface area contributed by atoms with Gasteiger partial charge in [-0.2, -0.15) is 0 Å². The van der Waals surface area contributed by atoms with Gasteiger partial charge in [-0.3, -0.25) is 9.59 Å². The first kappa shape index (κ1) is 27.3. The van der Waals surface area contributed by atoms with Gasteiger partial charge in [0.2, 0.25) is 5.91 Å². The van der Waals surface area contributed by atoms with Gasteiger partial charge in [-0.25, -0.2) is 0 Å². The van der Waals surface area contributed by atoms with Crippen molar-refractivity contribution in [2.75, 3.05) is 26.8 Å². The zero-order chi connectivity index (χ0) is 27.5. The highest BCUT2D eigenvalue weighted by Gasteiger charge is 2.36. The second kappa shape index (κ2) is 11.9. The van der Waals surface area contributed by atoms with Crippen LogP contribution >= 0.6 is 11.6 Å². The summed E-state index contributed by atoms with van der Waals surface area (Å²) in [6, 6.07) is 9.75. The number of methoxy groups -OCH3 is 1. The normalized spacial score (nSPS) is 21.5. The number of amides is 1. The molecule has 39 heavy (non-hydrogen) atoms. The van der Waals surface area contributed by atoms with Crippen molar-refractivity contribution in [2.45, 2.75) is 57.7 Å². The van der Waals surface area contributed by atoms with E-state index >= 15 is 0 Å². The Bertz CT molecular complexity index is 1290. The van der Waals surface area contributed by atoms with E-state index in [4.69, 9.17) is 30.9 Å². The summed E-state index contributed by atoms with van der Waals surface area (Å²) >= 11 is 6.58. The zero-order valence-electron chi connectivity index (χ0n) is 22.4. The first-order valence-corrected chi connectivity index (χ1v) is 14.0. The summed E-state index contributed by atoms with van der Waals surface area (Å²) in [5.74, 6) is 0.565. The van der Waals surface area contributed by atoms with Gasteiger partial charge in [0.15, 0.2) is 11.5 Å². The maximum absolute atomic E-state index is 13.5. The van der Waals surface area contributed by atoms with Crippen LogP contribution in [-0.2, 0) is 14.3 Å². The Hall–Kier alpha value is -3.23. The molecule has 1 amide bonds. The number of nitrogens with zero attached hydrogens (tertiary/aromatic N) is 2. The lowest BCUT2D eigenvalue weighted by Gasteiger charge is -2.33. The van der Waals surface area contributed by atoms with E-state index in [1.807, 2.05) is 54.4 Å². The molecule has 8 nitrogen and oxygen atoms in total. The van der Waals surface area contributed by atoms with E-state index in [0.29, 0.717) is 44.0 Å². The number of carbonyl (C=O) groups is 2. The number of ether oxygens (including phenoxy) is 3.